The Hall–Kier alpha value is -1.55. The van der Waals surface area contributed by atoms with E-state index in [2.05, 4.69) is 13.8 Å². The van der Waals surface area contributed by atoms with Crippen molar-refractivity contribution < 1.29 is 14.3 Å². The number of likely N-dealkylation sites (N-methyl/N-ethyl adjacent to an activating group) is 1. The maximum atomic E-state index is 12.2. The molecule has 0 spiro atoms. The molecule has 1 aliphatic rings. The molecule has 2 rings (SSSR count). The molecule has 0 radical (unpaired) electrons. The van der Waals surface area contributed by atoms with Crippen LogP contribution in [-0.2, 0) is 16.0 Å². The summed E-state index contributed by atoms with van der Waals surface area (Å²) in [7, 11) is 1.85. The first kappa shape index (κ1) is 16.8. The van der Waals surface area contributed by atoms with Gasteiger partial charge in [0.15, 0.2) is 0 Å². The van der Waals surface area contributed by atoms with Gasteiger partial charge in [-0.15, -0.1) is 0 Å². The third-order valence-electron chi connectivity index (χ3n) is 3.79. The van der Waals surface area contributed by atoms with Crippen LogP contribution >= 0.6 is 0 Å². The number of benzene rings is 1. The van der Waals surface area contributed by atoms with Crippen molar-refractivity contribution in [2.24, 2.45) is 5.92 Å². The summed E-state index contributed by atoms with van der Waals surface area (Å²) in [6.45, 7) is 6.47. The van der Waals surface area contributed by atoms with E-state index in [0.717, 1.165) is 30.8 Å². The van der Waals surface area contributed by atoms with Crippen LogP contribution in [0.5, 0.6) is 5.75 Å². The Bertz CT molecular complexity index is 464. The first-order valence-electron chi connectivity index (χ1n) is 8.12. The van der Waals surface area contributed by atoms with Gasteiger partial charge in [-0.1, -0.05) is 26.0 Å². The third kappa shape index (κ3) is 5.34. The summed E-state index contributed by atoms with van der Waals surface area (Å²) in [5.74, 6) is 1.50. The number of nitrogens with zero attached hydrogens (tertiary/aromatic N) is 1. The molecule has 1 heterocycles. The minimum absolute atomic E-state index is 0.131. The minimum Gasteiger partial charge on any atom is -0.493 e. The van der Waals surface area contributed by atoms with Crippen LogP contribution in [0.3, 0.4) is 0 Å². The molecule has 0 aromatic heterocycles. The molecule has 122 valence electrons. The maximum Gasteiger partial charge on any atom is 0.226 e. The zero-order valence-electron chi connectivity index (χ0n) is 13.9. The molecule has 0 N–H and O–H groups in total. The standard InChI is InChI=1S/C18H27NO3/c1-14(2)13-22-16-8-6-15(7-9-16)11-18(20)19(3)12-17-5-4-10-21-17/h6-9,14,17H,4-5,10-13H2,1-3H3/t17-/m1/s1. The van der Waals surface area contributed by atoms with E-state index in [1.807, 2.05) is 31.3 Å². The summed E-state index contributed by atoms with van der Waals surface area (Å²) >= 11 is 0. The topological polar surface area (TPSA) is 38.8 Å². The molecule has 0 unspecified atom stereocenters. The van der Waals surface area contributed by atoms with Crippen LogP contribution < -0.4 is 4.74 Å². The number of amides is 1. The van der Waals surface area contributed by atoms with Crippen molar-refractivity contribution in [3.8, 4) is 5.75 Å². The highest BCUT2D eigenvalue weighted by Gasteiger charge is 2.20. The zero-order chi connectivity index (χ0) is 15.9. The van der Waals surface area contributed by atoms with Crippen LogP contribution in [0.2, 0.25) is 0 Å². The Labute approximate surface area is 133 Å². The van der Waals surface area contributed by atoms with E-state index < -0.39 is 0 Å². The Morgan fingerprint density at radius 1 is 1.36 bits per heavy atom. The Morgan fingerprint density at radius 2 is 2.09 bits per heavy atom. The van der Waals surface area contributed by atoms with E-state index in [9.17, 15) is 4.79 Å². The van der Waals surface area contributed by atoms with Gasteiger partial charge in [0.2, 0.25) is 5.91 Å². The quantitative estimate of drug-likeness (QED) is 0.777. The smallest absolute Gasteiger partial charge is 0.226 e. The molecule has 4 heteroatoms. The van der Waals surface area contributed by atoms with E-state index in [4.69, 9.17) is 9.47 Å². The third-order valence-corrected chi connectivity index (χ3v) is 3.79. The molecule has 1 amide bonds. The van der Waals surface area contributed by atoms with Gasteiger partial charge in [-0.05, 0) is 36.5 Å². The molecule has 4 nitrogen and oxygen atoms in total. The molecule has 0 bridgehead atoms. The molecule has 22 heavy (non-hydrogen) atoms. The van der Waals surface area contributed by atoms with Gasteiger partial charge in [0.05, 0.1) is 19.1 Å². The van der Waals surface area contributed by atoms with E-state index in [1.165, 1.54) is 0 Å². The zero-order valence-corrected chi connectivity index (χ0v) is 13.9. The van der Waals surface area contributed by atoms with Crippen molar-refractivity contribution in [3.05, 3.63) is 29.8 Å². The molecule has 0 aliphatic carbocycles. The molecular formula is C18H27NO3. The predicted molar refractivity (Wildman–Crippen MR) is 87.1 cm³/mol. The summed E-state index contributed by atoms with van der Waals surface area (Å²) in [4.78, 5) is 14.0. The lowest BCUT2D eigenvalue weighted by Crippen LogP contribution is -2.35. The largest absolute Gasteiger partial charge is 0.493 e. The molecule has 1 atom stereocenters. The fourth-order valence-corrected chi connectivity index (χ4v) is 2.47. The maximum absolute atomic E-state index is 12.2. The van der Waals surface area contributed by atoms with Crippen LogP contribution in [0.15, 0.2) is 24.3 Å². The summed E-state index contributed by atoms with van der Waals surface area (Å²) in [5.41, 5.74) is 1.01. The van der Waals surface area contributed by atoms with E-state index in [-0.39, 0.29) is 12.0 Å². The number of rotatable bonds is 7. The van der Waals surface area contributed by atoms with Gasteiger partial charge in [0, 0.05) is 20.2 Å². The van der Waals surface area contributed by atoms with E-state index in [0.29, 0.717) is 25.5 Å². The van der Waals surface area contributed by atoms with Gasteiger partial charge in [0.1, 0.15) is 5.75 Å². The first-order chi connectivity index (χ1) is 10.5. The Morgan fingerprint density at radius 3 is 2.68 bits per heavy atom. The summed E-state index contributed by atoms with van der Waals surface area (Å²) in [6, 6.07) is 7.80. The minimum atomic E-state index is 0.131. The van der Waals surface area contributed by atoms with Crippen LogP contribution in [0, 0.1) is 5.92 Å². The second kappa shape index (κ2) is 8.18. The van der Waals surface area contributed by atoms with Crippen molar-refractivity contribution in [1.29, 1.82) is 0 Å². The van der Waals surface area contributed by atoms with Gasteiger partial charge in [-0.3, -0.25) is 4.79 Å². The molecule has 1 aromatic carbocycles. The predicted octanol–water partition coefficient (Wildman–Crippen LogP) is 2.90. The highest BCUT2D eigenvalue weighted by molar-refractivity contribution is 5.78. The summed E-state index contributed by atoms with van der Waals surface area (Å²) < 4.78 is 11.2. The molecule has 1 aromatic rings. The average molecular weight is 305 g/mol. The molecule has 0 saturated carbocycles. The SMILES string of the molecule is CC(C)COc1ccc(CC(=O)N(C)C[C@H]2CCCO2)cc1. The van der Waals surface area contributed by atoms with Crippen molar-refractivity contribution in [3.63, 3.8) is 0 Å². The van der Waals surface area contributed by atoms with Gasteiger partial charge in [0.25, 0.3) is 0 Å². The Kier molecular flexibility index (Phi) is 6.25. The van der Waals surface area contributed by atoms with Crippen LogP contribution in [0.1, 0.15) is 32.3 Å². The Balaban J connectivity index is 1.80. The number of carbonyl (C=O) groups is 1. The highest BCUT2D eigenvalue weighted by Crippen LogP contribution is 2.16. The lowest BCUT2D eigenvalue weighted by molar-refractivity contribution is -0.130. The van der Waals surface area contributed by atoms with Gasteiger partial charge < -0.3 is 14.4 Å². The van der Waals surface area contributed by atoms with E-state index >= 15 is 0 Å². The van der Waals surface area contributed by atoms with Crippen LogP contribution in [-0.4, -0.2) is 43.7 Å². The first-order valence-corrected chi connectivity index (χ1v) is 8.12. The highest BCUT2D eigenvalue weighted by atomic mass is 16.5. The van der Waals surface area contributed by atoms with Crippen molar-refractivity contribution in [2.75, 3.05) is 26.8 Å². The van der Waals surface area contributed by atoms with Gasteiger partial charge >= 0.3 is 0 Å². The second-order valence-electron chi connectivity index (χ2n) is 6.43. The van der Waals surface area contributed by atoms with Gasteiger partial charge in [-0.2, -0.15) is 0 Å². The summed E-state index contributed by atoms with van der Waals surface area (Å²) in [6.07, 6.45) is 2.79. The molecule has 1 saturated heterocycles. The van der Waals surface area contributed by atoms with Crippen molar-refractivity contribution in [1.82, 2.24) is 4.90 Å². The number of hydrogen-bond acceptors (Lipinski definition) is 3. The lowest BCUT2D eigenvalue weighted by atomic mass is 10.1. The second-order valence-corrected chi connectivity index (χ2v) is 6.43. The van der Waals surface area contributed by atoms with Crippen molar-refractivity contribution in [2.45, 2.75) is 39.2 Å². The van der Waals surface area contributed by atoms with E-state index in [1.54, 1.807) is 4.90 Å². The fraction of sp³-hybridized carbons (Fsp3) is 0.611. The molecular weight excluding hydrogens is 278 g/mol. The number of ether oxygens (including phenoxy) is 2. The van der Waals surface area contributed by atoms with Gasteiger partial charge in [-0.25, -0.2) is 0 Å². The lowest BCUT2D eigenvalue weighted by Gasteiger charge is -2.21. The van der Waals surface area contributed by atoms with Crippen LogP contribution in [0.4, 0.5) is 0 Å². The number of hydrogen-bond donors (Lipinski definition) is 0. The average Bonchev–Trinajstić information content (AvgIpc) is 2.99. The number of carbonyl (C=O) groups excluding carboxylic acids is 1. The van der Waals surface area contributed by atoms with Crippen molar-refractivity contribution >= 4 is 5.91 Å². The summed E-state index contributed by atoms with van der Waals surface area (Å²) in [5, 5.41) is 0. The molecule has 1 aliphatic heterocycles. The normalized spacial score (nSPS) is 17.7. The monoisotopic (exact) mass is 305 g/mol. The van der Waals surface area contributed by atoms with Crippen LogP contribution in [0.25, 0.3) is 0 Å². The fourth-order valence-electron chi connectivity index (χ4n) is 2.47. The molecule has 1 fully saturated rings.